The van der Waals surface area contributed by atoms with Crippen LogP contribution in [0.3, 0.4) is 0 Å². The van der Waals surface area contributed by atoms with Crippen LogP contribution in [0.2, 0.25) is 0 Å². The number of primary amides is 1. The Morgan fingerprint density at radius 2 is 1.76 bits per heavy atom. The molecule has 1 unspecified atom stereocenters. The van der Waals surface area contributed by atoms with Gasteiger partial charge in [-0.15, -0.1) is 5.10 Å². The molecule has 14 heteroatoms. The summed E-state index contributed by atoms with van der Waals surface area (Å²) in [6.07, 6.45) is -7.90. The van der Waals surface area contributed by atoms with Crippen LogP contribution in [0.15, 0.2) is 30.6 Å². The zero-order valence-electron chi connectivity index (χ0n) is 17.4. The number of methoxy groups -OCH3 is 1. The summed E-state index contributed by atoms with van der Waals surface area (Å²) in [7, 11) is 1.15. The molecule has 1 atom stereocenters. The number of carbonyl (C=O) groups is 1. The maximum Gasteiger partial charge on any atom is 0.416 e. The Balaban J connectivity index is 2.43. The molecule has 0 aliphatic carbocycles. The van der Waals surface area contributed by atoms with Gasteiger partial charge in [-0.2, -0.15) is 36.3 Å². The summed E-state index contributed by atoms with van der Waals surface area (Å²) in [6, 6.07) is 3.34. The average molecular weight is 484 g/mol. The normalized spacial score (nSPS) is 12.8. The lowest BCUT2D eigenvalue weighted by Gasteiger charge is -2.23. The van der Waals surface area contributed by atoms with E-state index in [-0.39, 0.29) is 35.2 Å². The number of benzene rings is 1. The minimum atomic E-state index is -5.31. The van der Waals surface area contributed by atoms with E-state index in [4.69, 9.17) is 10.5 Å². The monoisotopic (exact) mass is 484 g/mol. The molecule has 0 spiro atoms. The third-order valence-corrected chi connectivity index (χ3v) is 4.86. The van der Waals surface area contributed by atoms with Gasteiger partial charge in [0.15, 0.2) is 0 Å². The van der Waals surface area contributed by atoms with Crippen molar-refractivity contribution in [2.24, 2.45) is 5.73 Å². The number of ether oxygens (including phenoxy) is 1. The number of nitrogens with zero attached hydrogens (tertiary/aromatic N) is 5. The Morgan fingerprint density at radius 3 is 2.24 bits per heavy atom. The fraction of sp³-hybridized carbons (Fsp3) is 0.250. The van der Waals surface area contributed by atoms with E-state index < -0.39 is 46.4 Å². The van der Waals surface area contributed by atoms with Crippen LogP contribution in [-0.4, -0.2) is 32.8 Å². The summed E-state index contributed by atoms with van der Waals surface area (Å²) in [6.45, 7) is 1.15. The number of nitrogens with two attached hydrogens (primary N) is 1. The molecule has 0 aliphatic rings. The molecule has 1 amide bonds. The lowest BCUT2D eigenvalue weighted by Crippen LogP contribution is -2.24. The highest BCUT2D eigenvalue weighted by Crippen LogP contribution is 2.44. The quantitative estimate of drug-likeness (QED) is 0.550. The van der Waals surface area contributed by atoms with Crippen molar-refractivity contribution < 1.29 is 35.9 Å². The number of amides is 1. The zero-order chi connectivity index (χ0) is 25.4. The maximum absolute atomic E-state index is 14.0. The standard InChI is InChI=1S/C20H14F6N6O2/c1-9(15-12(8-27)17(34-2)31-32(15)18-29-4-3-5-30-18)14-11(16(28)33)6-10(19(21,22)23)7-13(14)20(24,25)26/h3-7,9H,1-2H3,(H2,28,33). The second-order valence-electron chi connectivity index (χ2n) is 6.91. The Kier molecular flexibility index (Phi) is 6.23. The first-order valence-electron chi connectivity index (χ1n) is 9.27. The first-order valence-corrected chi connectivity index (χ1v) is 9.27. The van der Waals surface area contributed by atoms with Crippen molar-refractivity contribution in [2.45, 2.75) is 25.2 Å². The van der Waals surface area contributed by atoms with E-state index in [0.29, 0.717) is 0 Å². The van der Waals surface area contributed by atoms with Crippen molar-refractivity contribution in [3.05, 3.63) is 64.1 Å². The number of hydrogen-bond donors (Lipinski definition) is 1. The molecule has 0 bridgehead atoms. The summed E-state index contributed by atoms with van der Waals surface area (Å²) in [5.41, 5.74) is -0.718. The number of nitriles is 1. The van der Waals surface area contributed by atoms with Gasteiger partial charge < -0.3 is 10.5 Å². The second-order valence-corrected chi connectivity index (χ2v) is 6.91. The van der Waals surface area contributed by atoms with Crippen LogP contribution in [0, 0.1) is 11.3 Å². The molecule has 0 fully saturated rings. The van der Waals surface area contributed by atoms with E-state index in [1.165, 1.54) is 18.5 Å². The summed E-state index contributed by atoms with van der Waals surface area (Å²) >= 11 is 0. The van der Waals surface area contributed by atoms with Gasteiger partial charge in [0.05, 0.1) is 23.9 Å². The van der Waals surface area contributed by atoms with E-state index in [0.717, 1.165) is 18.7 Å². The van der Waals surface area contributed by atoms with Gasteiger partial charge in [-0.25, -0.2) is 9.97 Å². The van der Waals surface area contributed by atoms with E-state index >= 15 is 0 Å². The molecule has 0 radical (unpaired) electrons. The van der Waals surface area contributed by atoms with E-state index in [2.05, 4.69) is 15.1 Å². The van der Waals surface area contributed by atoms with E-state index in [1.54, 1.807) is 6.07 Å². The molecular formula is C20H14F6N6O2. The van der Waals surface area contributed by atoms with Crippen molar-refractivity contribution in [3.8, 4) is 17.9 Å². The fourth-order valence-electron chi connectivity index (χ4n) is 3.47. The predicted octanol–water partition coefficient (Wildman–Crippen LogP) is 3.83. The molecule has 3 aromatic rings. The number of alkyl halides is 6. The topological polar surface area (TPSA) is 120 Å². The lowest BCUT2D eigenvalue weighted by atomic mass is 9.85. The minimum Gasteiger partial charge on any atom is -0.479 e. The van der Waals surface area contributed by atoms with Gasteiger partial charge in [-0.3, -0.25) is 4.79 Å². The second kappa shape index (κ2) is 8.65. The van der Waals surface area contributed by atoms with E-state index in [9.17, 15) is 36.4 Å². The van der Waals surface area contributed by atoms with Crippen molar-refractivity contribution in [1.29, 1.82) is 5.26 Å². The highest BCUT2D eigenvalue weighted by Gasteiger charge is 2.42. The van der Waals surface area contributed by atoms with Crippen LogP contribution in [0.5, 0.6) is 5.88 Å². The Hall–Kier alpha value is -4.15. The van der Waals surface area contributed by atoms with Crippen molar-refractivity contribution in [3.63, 3.8) is 0 Å². The molecule has 2 N–H and O–H groups in total. The van der Waals surface area contributed by atoms with Crippen LogP contribution in [0.25, 0.3) is 5.95 Å². The largest absolute Gasteiger partial charge is 0.479 e. The first-order chi connectivity index (χ1) is 15.8. The molecule has 1 aromatic carbocycles. The first kappa shape index (κ1) is 24.5. The molecule has 2 aromatic heterocycles. The summed E-state index contributed by atoms with van der Waals surface area (Å²) in [5.74, 6) is -3.51. The van der Waals surface area contributed by atoms with Gasteiger partial charge in [-0.05, 0) is 23.8 Å². The minimum absolute atomic E-state index is 0.110. The molecule has 0 aliphatic heterocycles. The van der Waals surface area contributed by atoms with Gasteiger partial charge in [0, 0.05) is 23.9 Å². The van der Waals surface area contributed by atoms with Crippen LogP contribution in [0.1, 0.15) is 51.1 Å². The third kappa shape index (κ3) is 4.36. The Labute approximate surface area is 187 Å². The Morgan fingerprint density at radius 1 is 1.15 bits per heavy atom. The third-order valence-electron chi connectivity index (χ3n) is 4.86. The van der Waals surface area contributed by atoms with Gasteiger partial charge in [-0.1, -0.05) is 6.92 Å². The summed E-state index contributed by atoms with van der Waals surface area (Å²) in [5, 5.41) is 13.7. The van der Waals surface area contributed by atoms with Gasteiger partial charge >= 0.3 is 12.4 Å². The number of carbonyl (C=O) groups excluding carboxylic acids is 1. The van der Waals surface area contributed by atoms with Crippen molar-refractivity contribution in [1.82, 2.24) is 19.7 Å². The fourth-order valence-corrected chi connectivity index (χ4v) is 3.47. The van der Waals surface area contributed by atoms with Gasteiger partial charge in [0.2, 0.25) is 5.91 Å². The van der Waals surface area contributed by atoms with Crippen LogP contribution >= 0.6 is 0 Å². The van der Waals surface area contributed by atoms with Gasteiger partial charge in [0.25, 0.3) is 11.8 Å². The van der Waals surface area contributed by atoms with Crippen LogP contribution in [0.4, 0.5) is 26.3 Å². The zero-order valence-corrected chi connectivity index (χ0v) is 17.4. The molecule has 34 heavy (non-hydrogen) atoms. The number of halogens is 6. The maximum atomic E-state index is 14.0. The smallest absolute Gasteiger partial charge is 0.416 e. The lowest BCUT2D eigenvalue weighted by molar-refractivity contribution is -0.143. The number of hydrogen-bond acceptors (Lipinski definition) is 6. The van der Waals surface area contributed by atoms with Crippen molar-refractivity contribution >= 4 is 5.91 Å². The highest BCUT2D eigenvalue weighted by atomic mass is 19.4. The van der Waals surface area contributed by atoms with Crippen LogP contribution in [-0.2, 0) is 12.4 Å². The van der Waals surface area contributed by atoms with Gasteiger partial charge in [0.1, 0.15) is 11.6 Å². The molecule has 2 heterocycles. The molecule has 178 valence electrons. The van der Waals surface area contributed by atoms with Crippen LogP contribution < -0.4 is 10.5 Å². The number of rotatable bonds is 5. The van der Waals surface area contributed by atoms with Crippen molar-refractivity contribution in [2.75, 3.05) is 7.11 Å². The summed E-state index contributed by atoms with van der Waals surface area (Å²) < 4.78 is 87.7. The molecule has 0 saturated heterocycles. The summed E-state index contributed by atoms with van der Waals surface area (Å²) in [4.78, 5) is 19.9. The molecule has 8 nitrogen and oxygen atoms in total. The van der Waals surface area contributed by atoms with E-state index in [1.807, 2.05) is 0 Å². The molecule has 0 saturated carbocycles. The Bertz CT molecular complexity index is 1280. The highest BCUT2D eigenvalue weighted by molar-refractivity contribution is 5.95. The average Bonchev–Trinajstić information content (AvgIpc) is 3.15. The molecular weight excluding hydrogens is 470 g/mol. The molecule has 3 rings (SSSR count). The predicted molar refractivity (Wildman–Crippen MR) is 103 cm³/mol. The number of aromatic nitrogens is 4. The SMILES string of the molecule is COc1nn(-c2ncccn2)c(C(C)c2c(C(N)=O)cc(C(F)(F)F)cc2C(F)(F)F)c1C#N.